The van der Waals surface area contributed by atoms with Crippen LogP contribution in [0, 0.1) is 0 Å². The predicted octanol–water partition coefficient (Wildman–Crippen LogP) is 6.11. The number of thioether (sulfide) groups is 1. The van der Waals surface area contributed by atoms with E-state index in [0.29, 0.717) is 5.69 Å². The van der Waals surface area contributed by atoms with Crippen LogP contribution in [0.5, 0.6) is 0 Å². The molecule has 3 aromatic carbocycles. The van der Waals surface area contributed by atoms with E-state index >= 15 is 0 Å². The van der Waals surface area contributed by atoms with Crippen LogP contribution in [0.15, 0.2) is 119 Å². The van der Waals surface area contributed by atoms with E-state index < -0.39 is 4.75 Å². The number of rotatable bonds is 6. The molecule has 0 aliphatic heterocycles. The van der Waals surface area contributed by atoms with Crippen LogP contribution in [0.3, 0.4) is 0 Å². The van der Waals surface area contributed by atoms with Crippen LogP contribution >= 0.6 is 23.1 Å². The predicted molar refractivity (Wildman–Crippen MR) is 129 cm³/mol. The molecule has 0 radical (unpaired) electrons. The molecular formula is C26H19N3OS2. The zero-order valence-electron chi connectivity index (χ0n) is 17.0. The monoisotopic (exact) mass is 453 g/mol. The van der Waals surface area contributed by atoms with Gasteiger partial charge in [-0.15, -0.1) is 11.3 Å². The van der Waals surface area contributed by atoms with Gasteiger partial charge in [0.1, 0.15) is 6.33 Å². The molecular weight excluding hydrogens is 434 g/mol. The Hall–Kier alpha value is -3.48. The number of carbonyl (C=O) groups excluding carboxylic acids is 1. The Morgan fingerprint density at radius 2 is 1.34 bits per heavy atom. The molecule has 0 aliphatic rings. The van der Waals surface area contributed by atoms with Gasteiger partial charge in [-0.05, 0) is 16.7 Å². The van der Waals surface area contributed by atoms with Gasteiger partial charge in [0.15, 0.2) is 5.69 Å². The van der Waals surface area contributed by atoms with Gasteiger partial charge in [-0.2, -0.15) is 0 Å². The molecule has 0 aliphatic carbocycles. The van der Waals surface area contributed by atoms with E-state index in [-0.39, 0.29) is 5.91 Å². The molecule has 0 saturated heterocycles. The summed E-state index contributed by atoms with van der Waals surface area (Å²) >= 11 is 3.14. The summed E-state index contributed by atoms with van der Waals surface area (Å²) in [6.07, 6.45) is 4.75. The Balaban J connectivity index is 1.72. The highest BCUT2D eigenvalue weighted by molar-refractivity contribution is 8.02. The summed E-state index contributed by atoms with van der Waals surface area (Å²) in [5.41, 5.74) is 5.58. The summed E-state index contributed by atoms with van der Waals surface area (Å²) in [5, 5.41) is 0. The number of benzene rings is 3. The zero-order chi connectivity index (χ0) is 21.8. The Labute approximate surface area is 194 Å². The zero-order valence-corrected chi connectivity index (χ0v) is 18.7. The second-order valence-corrected chi connectivity index (χ2v) is 9.48. The van der Waals surface area contributed by atoms with Gasteiger partial charge in [-0.1, -0.05) is 103 Å². The molecule has 0 unspecified atom stereocenters. The largest absolute Gasteiger partial charge is 0.283 e. The van der Waals surface area contributed by atoms with Crippen molar-refractivity contribution in [3.63, 3.8) is 0 Å². The van der Waals surface area contributed by atoms with Crippen LogP contribution in [0.1, 0.15) is 27.2 Å². The molecule has 2 heterocycles. The van der Waals surface area contributed by atoms with E-state index in [4.69, 9.17) is 0 Å². The van der Waals surface area contributed by atoms with E-state index in [1.165, 1.54) is 22.2 Å². The second kappa shape index (κ2) is 8.94. The molecule has 0 bridgehead atoms. The fourth-order valence-electron chi connectivity index (χ4n) is 3.79. The van der Waals surface area contributed by atoms with Gasteiger partial charge in [0.2, 0.25) is 0 Å². The van der Waals surface area contributed by atoms with Gasteiger partial charge >= 0.3 is 0 Å². The highest BCUT2D eigenvalue weighted by Gasteiger charge is 2.39. The summed E-state index contributed by atoms with van der Waals surface area (Å²) in [7, 11) is 0. The topological polar surface area (TPSA) is 47.8 Å². The number of carbonyl (C=O) groups is 1. The maximum Gasteiger partial charge on any atom is 0.283 e. The fraction of sp³-hybridized carbons (Fsp3) is 0.0385. The Morgan fingerprint density at radius 3 is 1.81 bits per heavy atom. The third-order valence-corrected chi connectivity index (χ3v) is 7.81. The Bertz CT molecular complexity index is 1200. The summed E-state index contributed by atoms with van der Waals surface area (Å²) in [6.45, 7) is 0. The van der Waals surface area contributed by atoms with Crippen LogP contribution in [0.25, 0.3) is 0 Å². The normalized spacial score (nSPS) is 11.4. The van der Waals surface area contributed by atoms with Crippen LogP contribution in [-0.2, 0) is 4.75 Å². The third-order valence-electron chi connectivity index (χ3n) is 5.26. The van der Waals surface area contributed by atoms with Crippen molar-refractivity contribution in [1.82, 2.24) is 14.5 Å². The van der Waals surface area contributed by atoms with Crippen molar-refractivity contribution >= 4 is 29.0 Å². The molecule has 6 heteroatoms. The minimum atomic E-state index is -0.555. The van der Waals surface area contributed by atoms with E-state index in [1.54, 1.807) is 29.7 Å². The third kappa shape index (κ3) is 3.68. The number of imidazole rings is 1. The molecule has 5 aromatic rings. The molecule has 0 fully saturated rings. The van der Waals surface area contributed by atoms with Crippen molar-refractivity contribution in [2.45, 2.75) is 8.96 Å². The van der Waals surface area contributed by atoms with Crippen molar-refractivity contribution in [3.05, 3.63) is 138 Å². The minimum absolute atomic E-state index is 0.186. The van der Waals surface area contributed by atoms with Gasteiger partial charge in [-0.3, -0.25) is 9.36 Å². The smallest absolute Gasteiger partial charge is 0.271 e. The molecule has 156 valence electrons. The molecule has 0 atom stereocenters. The molecule has 5 rings (SSSR count). The van der Waals surface area contributed by atoms with Crippen LogP contribution in [-0.4, -0.2) is 20.4 Å². The second-order valence-electron chi connectivity index (χ2n) is 7.14. The quantitative estimate of drug-likeness (QED) is 0.230. The number of thiazole rings is 1. The van der Waals surface area contributed by atoms with Crippen molar-refractivity contribution < 1.29 is 4.79 Å². The molecule has 32 heavy (non-hydrogen) atoms. The van der Waals surface area contributed by atoms with E-state index in [0.717, 1.165) is 20.9 Å². The first-order valence-corrected chi connectivity index (χ1v) is 11.8. The van der Waals surface area contributed by atoms with Crippen molar-refractivity contribution in [2.24, 2.45) is 0 Å². The molecule has 2 aromatic heterocycles. The van der Waals surface area contributed by atoms with Gasteiger partial charge in [-0.25, -0.2) is 9.97 Å². The lowest BCUT2D eigenvalue weighted by Gasteiger charge is -2.35. The lowest BCUT2D eigenvalue weighted by atomic mass is 9.84. The van der Waals surface area contributed by atoms with Crippen molar-refractivity contribution in [1.29, 1.82) is 0 Å². The number of aromatic nitrogens is 3. The maximum atomic E-state index is 13.1. The maximum absolute atomic E-state index is 13.1. The van der Waals surface area contributed by atoms with E-state index in [9.17, 15) is 4.79 Å². The molecule has 0 N–H and O–H groups in total. The average Bonchev–Trinajstić information content (AvgIpc) is 3.56. The number of hydrogen-bond acceptors (Lipinski definition) is 5. The van der Waals surface area contributed by atoms with E-state index in [2.05, 4.69) is 82.8 Å². The SMILES string of the molecule is O=C(c1ncsc1SC(c1ccccc1)(c1ccccc1)c1ccccc1)n1ccnc1. The number of nitrogens with zero attached hydrogens (tertiary/aromatic N) is 3. The lowest BCUT2D eigenvalue weighted by molar-refractivity contribution is 0.0952. The molecule has 0 saturated carbocycles. The van der Waals surface area contributed by atoms with Gasteiger partial charge in [0, 0.05) is 12.4 Å². The fourth-order valence-corrected chi connectivity index (χ4v) is 6.26. The highest BCUT2D eigenvalue weighted by Crippen LogP contribution is 2.53. The average molecular weight is 454 g/mol. The van der Waals surface area contributed by atoms with Crippen molar-refractivity contribution in [2.75, 3.05) is 0 Å². The van der Waals surface area contributed by atoms with E-state index in [1.807, 2.05) is 18.2 Å². The number of hydrogen-bond donors (Lipinski definition) is 0. The first-order valence-electron chi connectivity index (χ1n) is 10.1. The lowest BCUT2D eigenvalue weighted by Crippen LogP contribution is -2.26. The molecule has 0 amide bonds. The summed E-state index contributed by atoms with van der Waals surface area (Å²) in [4.78, 5) is 21.6. The summed E-state index contributed by atoms with van der Waals surface area (Å²) < 4.78 is 1.77. The highest BCUT2D eigenvalue weighted by atomic mass is 32.2. The summed E-state index contributed by atoms with van der Waals surface area (Å²) in [5.74, 6) is -0.186. The van der Waals surface area contributed by atoms with Gasteiger partial charge in [0.05, 0.1) is 14.5 Å². The van der Waals surface area contributed by atoms with Gasteiger partial charge in [0.25, 0.3) is 5.91 Å². The van der Waals surface area contributed by atoms with Crippen LogP contribution in [0.2, 0.25) is 0 Å². The van der Waals surface area contributed by atoms with Gasteiger partial charge < -0.3 is 0 Å². The summed E-state index contributed by atoms with van der Waals surface area (Å²) in [6, 6.07) is 31.3. The Kier molecular flexibility index (Phi) is 5.71. The first kappa shape index (κ1) is 20.4. The van der Waals surface area contributed by atoms with Crippen LogP contribution < -0.4 is 0 Å². The molecule has 0 spiro atoms. The minimum Gasteiger partial charge on any atom is -0.271 e. The van der Waals surface area contributed by atoms with Crippen molar-refractivity contribution in [3.8, 4) is 0 Å². The standard InChI is InChI=1S/C26H19N3OS2/c30-24(29-17-16-27-18-29)23-25(31-19-28-23)32-26(20-10-4-1-5-11-20,21-12-6-2-7-13-21)22-14-8-3-9-15-22/h1-19H. The van der Waals surface area contributed by atoms with Crippen LogP contribution in [0.4, 0.5) is 0 Å². The Morgan fingerprint density at radius 1 is 0.812 bits per heavy atom. The molecule has 4 nitrogen and oxygen atoms in total. The first-order chi connectivity index (χ1) is 15.8.